The largest absolute Gasteiger partial charge is 0.381 e. The van der Waals surface area contributed by atoms with Crippen LogP contribution in [0.4, 0.5) is 4.39 Å². The van der Waals surface area contributed by atoms with E-state index in [-0.39, 0.29) is 12.2 Å². The Morgan fingerprint density at radius 2 is 2.05 bits per heavy atom. The quantitative estimate of drug-likeness (QED) is 0.748. The number of ether oxygens (including phenoxy) is 1. The molecule has 0 unspecified atom stereocenters. The number of rotatable bonds is 0. The molecule has 1 aliphatic carbocycles. The highest BCUT2D eigenvalue weighted by Gasteiger charge is 2.54. The second-order valence-corrected chi connectivity index (χ2v) is 7.29. The molecular weight excluding hydrogens is 285 g/mol. The highest BCUT2D eigenvalue weighted by atomic mass is 19.1. The number of halogens is 1. The van der Waals surface area contributed by atoms with Gasteiger partial charge in [-0.25, -0.2) is 4.39 Å². The van der Waals surface area contributed by atoms with Crippen molar-refractivity contribution in [1.82, 2.24) is 5.32 Å². The molecule has 1 fully saturated rings. The van der Waals surface area contributed by atoms with Gasteiger partial charge in [0.1, 0.15) is 6.17 Å². The first kappa shape index (κ1) is 14.1. The van der Waals surface area contributed by atoms with E-state index < -0.39 is 17.0 Å². The van der Waals surface area contributed by atoms with Crippen molar-refractivity contribution in [3.05, 3.63) is 22.7 Å². The number of hydrogen-bond acceptors (Lipinski definition) is 5. The smallest absolute Gasteiger partial charge is 0.162 e. The third-order valence-corrected chi connectivity index (χ3v) is 5.44. The number of alkyl halides is 1. The van der Waals surface area contributed by atoms with Crippen molar-refractivity contribution in [2.24, 2.45) is 21.1 Å². The van der Waals surface area contributed by atoms with Crippen LogP contribution in [0.3, 0.4) is 0 Å². The van der Waals surface area contributed by atoms with Gasteiger partial charge < -0.3 is 10.1 Å². The number of Topliss-reactive ketones (excluding diaryl/α,β-unsaturated/α-hetero) is 1. The summed E-state index contributed by atoms with van der Waals surface area (Å²) in [4.78, 5) is 12.9. The number of nitrogens with one attached hydrogen (secondary N) is 1. The monoisotopic (exact) mass is 305 g/mol. The van der Waals surface area contributed by atoms with Crippen molar-refractivity contribution in [2.75, 3.05) is 19.8 Å². The van der Waals surface area contributed by atoms with Crippen LogP contribution in [0.1, 0.15) is 33.1 Å². The maximum absolute atomic E-state index is 15.1. The number of fused-ring (bicyclic) bond motifs is 2. The van der Waals surface area contributed by atoms with Crippen LogP contribution >= 0.6 is 0 Å². The third-order valence-electron chi connectivity index (χ3n) is 5.44. The Kier molecular flexibility index (Phi) is 2.86. The van der Waals surface area contributed by atoms with Crippen LogP contribution in [0.25, 0.3) is 0 Å². The molecule has 0 aromatic carbocycles. The molecule has 0 aromatic rings. The molecule has 0 radical (unpaired) electrons. The number of nitrogens with zero attached hydrogens (tertiary/aromatic N) is 2. The lowest BCUT2D eigenvalue weighted by molar-refractivity contribution is -0.121. The zero-order chi connectivity index (χ0) is 15.5. The minimum Gasteiger partial charge on any atom is -0.381 e. The van der Waals surface area contributed by atoms with E-state index in [1.807, 2.05) is 0 Å². The van der Waals surface area contributed by atoms with Gasteiger partial charge >= 0.3 is 0 Å². The Morgan fingerprint density at radius 1 is 1.32 bits per heavy atom. The van der Waals surface area contributed by atoms with E-state index in [1.54, 1.807) is 13.8 Å². The van der Waals surface area contributed by atoms with Gasteiger partial charge in [-0.2, -0.15) is 5.11 Å². The summed E-state index contributed by atoms with van der Waals surface area (Å²) in [7, 11) is 0. The fraction of sp³-hybridized carbons (Fsp3) is 0.688. The van der Waals surface area contributed by atoms with E-state index in [0.717, 1.165) is 5.57 Å². The molecular formula is C16H20FN3O2. The normalized spacial score (nSPS) is 32.1. The fourth-order valence-electron chi connectivity index (χ4n) is 4.25. The molecule has 4 rings (SSSR count). The van der Waals surface area contributed by atoms with E-state index in [4.69, 9.17) is 4.74 Å². The van der Waals surface area contributed by atoms with Gasteiger partial charge in [-0.05, 0) is 12.8 Å². The Morgan fingerprint density at radius 3 is 2.77 bits per heavy atom. The van der Waals surface area contributed by atoms with Crippen LogP contribution in [0.5, 0.6) is 0 Å². The first-order chi connectivity index (χ1) is 10.5. The van der Waals surface area contributed by atoms with Gasteiger partial charge in [0, 0.05) is 41.6 Å². The Labute approximate surface area is 128 Å². The number of carbonyl (C=O) groups excluding carboxylic acids is 1. The predicted molar refractivity (Wildman–Crippen MR) is 77.7 cm³/mol. The molecule has 1 saturated heterocycles. The summed E-state index contributed by atoms with van der Waals surface area (Å²) in [5.74, 6) is 0.704. The lowest BCUT2D eigenvalue weighted by Crippen LogP contribution is -2.50. The van der Waals surface area contributed by atoms with Crippen LogP contribution in [0.15, 0.2) is 32.9 Å². The lowest BCUT2D eigenvalue weighted by Gasteiger charge is -2.48. The Balaban J connectivity index is 1.90. The van der Waals surface area contributed by atoms with E-state index in [9.17, 15) is 4.79 Å². The molecule has 3 heterocycles. The zero-order valence-corrected chi connectivity index (χ0v) is 12.9. The molecule has 118 valence electrons. The molecule has 0 bridgehead atoms. The lowest BCUT2D eigenvalue weighted by atomic mass is 9.60. The predicted octanol–water partition coefficient (Wildman–Crippen LogP) is 2.66. The summed E-state index contributed by atoms with van der Waals surface area (Å²) in [6.45, 7) is 5.27. The number of hydrogen-bond donors (Lipinski definition) is 1. The third kappa shape index (κ3) is 1.70. The van der Waals surface area contributed by atoms with Crippen LogP contribution < -0.4 is 5.32 Å². The van der Waals surface area contributed by atoms with E-state index in [1.165, 1.54) is 0 Å². The Bertz CT molecular complexity index is 642. The molecule has 22 heavy (non-hydrogen) atoms. The number of dihydropyridines is 1. The molecule has 1 atom stereocenters. The molecule has 6 heteroatoms. The molecule has 1 spiro atoms. The van der Waals surface area contributed by atoms with Crippen molar-refractivity contribution in [1.29, 1.82) is 0 Å². The molecule has 0 amide bonds. The highest BCUT2D eigenvalue weighted by Crippen LogP contribution is 2.55. The van der Waals surface area contributed by atoms with Gasteiger partial charge in [-0.3, -0.25) is 4.79 Å². The zero-order valence-electron chi connectivity index (χ0n) is 12.9. The topological polar surface area (TPSA) is 63.0 Å². The summed E-state index contributed by atoms with van der Waals surface area (Å²) >= 11 is 0. The summed E-state index contributed by atoms with van der Waals surface area (Å²) < 4.78 is 20.6. The first-order valence-electron chi connectivity index (χ1n) is 7.83. The molecule has 4 aliphatic rings. The minimum absolute atomic E-state index is 0.0572. The standard InChI is InChI=1S/C16H20FN3O2/c1-15(2)7-10(21)11-12(13(15)17)19-14-9(8-18-20-14)16(11)3-5-22-6-4-16/h13,19H,3-8H2,1-2H3/t13-/m0/s1. The van der Waals surface area contributed by atoms with E-state index >= 15 is 4.39 Å². The second-order valence-electron chi connectivity index (χ2n) is 7.29. The van der Waals surface area contributed by atoms with Gasteiger partial charge in [0.05, 0.1) is 12.2 Å². The van der Waals surface area contributed by atoms with Crippen molar-refractivity contribution < 1.29 is 13.9 Å². The second kappa shape index (κ2) is 4.47. The molecule has 5 nitrogen and oxygen atoms in total. The molecule has 0 saturated carbocycles. The van der Waals surface area contributed by atoms with Gasteiger partial charge in [0.25, 0.3) is 0 Å². The summed E-state index contributed by atoms with van der Waals surface area (Å²) in [5.41, 5.74) is 0.963. The minimum atomic E-state index is -1.19. The van der Waals surface area contributed by atoms with Crippen LogP contribution in [0, 0.1) is 10.8 Å². The van der Waals surface area contributed by atoms with Crippen molar-refractivity contribution in [3.8, 4) is 0 Å². The maximum Gasteiger partial charge on any atom is 0.162 e. The summed E-state index contributed by atoms with van der Waals surface area (Å²) in [6.07, 6.45) is 0.463. The van der Waals surface area contributed by atoms with Crippen LogP contribution in [-0.4, -0.2) is 31.7 Å². The first-order valence-corrected chi connectivity index (χ1v) is 7.83. The van der Waals surface area contributed by atoms with E-state index in [2.05, 4.69) is 15.5 Å². The average molecular weight is 305 g/mol. The number of azo groups is 1. The van der Waals surface area contributed by atoms with Crippen molar-refractivity contribution in [2.45, 2.75) is 39.3 Å². The molecule has 1 N–H and O–H groups in total. The SMILES string of the molecule is CC1(C)CC(=O)C2=C(NC3=C(CN=N3)C23CCOCC3)[C@@H]1F. The van der Waals surface area contributed by atoms with Crippen LogP contribution in [0.2, 0.25) is 0 Å². The number of allylic oxidation sites excluding steroid dienone is 2. The summed E-state index contributed by atoms with van der Waals surface area (Å²) in [5, 5.41) is 11.3. The fourth-order valence-corrected chi connectivity index (χ4v) is 4.25. The van der Waals surface area contributed by atoms with Gasteiger partial charge in [0.2, 0.25) is 0 Å². The maximum atomic E-state index is 15.1. The average Bonchev–Trinajstić information content (AvgIpc) is 2.94. The molecule has 3 aliphatic heterocycles. The van der Waals surface area contributed by atoms with Gasteiger partial charge in [-0.1, -0.05) is 13.8 Å². The van der Waals surface area contributed by atoms with Crippen LogP contribution in [-0.2, 0) is 9.53 Å². The molecule has 0 aromatic heterocycles. The van der Waals surface area contributed by atoms with Crippen molar-refractivity contribution in [3.63, 3.8) is 0 Å². The van der Waals surface area contributed by atoms with Crippen molar-refractivity contribution >= 4 is 5.78 Å². The number of ketones is 1. The van der Waals surface area contributed by atoms with Gasteiger partial charge in [0.15, 0.2) is 11.6 Å². The Hall–Kier alpha value is -1.56. The highest BCUT2D eigenvalue weighted by molar-refractivity contribution is 6.00. The number of carbonyl (C=O) groups is 1. The van der Waals surface area contributed by atoms with E-state index in [0.29, 0.717) is 49.7 Å². The summed E-state index contributed by atoms with van der Waals surface area (Å²) in [6, 6.07) is 0. The van der Waals surface area contributed by atoms with Gasteiger partial charge in [-0.15, -0.1) is 5.11 Å².